The normalized spacial score (nSPS) is 15.4. The maximum Gasteiger partial charge on any atom is 0.404 e. The number of fused-ring (bicyclic) bond motifs is 1. The summed E-state index contributed by atoms with van der Waals surface area (Å²) < 4.78 is 7.54. The molecule has 12 nitrogen and oxygen atoms in total. The number of para-hydroxylation sites is 2. The standard InChI is InChI=1S/C35H42N6O6/c1-47-19-5-17-41-31-8-3-2-7-29(31)39-33(41)27-6-4-16-40(23-27)32(43)21-28(38-35(45)46)20-24-9-11-25(12-10-24)26-13-14-30(37-22-26)34(44)36-15-18-42/h2-3,7-14,22,27-28,38,42H,4-6,15-21,23H2,1H3,(H,36,44)(H,45,46)/t27-,28-/m1/s1. The molecular weight excluding hydrogens is 600 g/mol. The number of carbonyl (C=O) groups is 3. The average Bonchev–Trinajstić information content (AvgIpc) is 3.46. The fraction of sp³-hybridized carbons (Fsp3) is 0.400. The molecule has 0 unspecified atom stereocenters. The Bertz CT molecular complexity index is 1660. The summed E-state index contributed by atoms with van der Waals surface area (Å²) in [6.07, 6.45) is 3.47. The van der Waals surface area contributed by atoms with E-state index in [2.05, 4.69) is 26.3 Å². The van der Waals surface area contributed by atoms with Crippen LogP contribution in [-0.4, -0.2) is 93.6 Å². The summed E-state index contributed by atoms with van der Waals surface area (Å²) in [5.41, 5.74) is 4.86. The number of amides is 3. The van der Waals surface area contributed by atoms with Crippen molar-refractivity contribution in [3.05, 3.63) is 83.9 Å². The van der Waals surface area contributed by atoms with Gasteiger partial charge in [0, 0.05) is 70.0 Å². The Labute approximate surface area is 273 Å². The average molecular weight is 643 g/mol. The Morgan fingerprint density at radius 3 is 2.57 bits per heavy atom. The van der Waals surface area contributed by atoms with Gasteiger partial charge in [0.1, 0.15) is 11.5 Å². The molecule has 0 aliphatic carbocycles. The van der Waals surface area contributed by atoms with Gasteiger partial charge >= 0.3 is 6.09 Å². The molecule has 4 N–H and O–H groups in total. The van der Waals surface area contributed by atoms with E-state index in [0.29, 0.717) is 26.1 Å². The molecule has 47 heavy (non-hydrogen) atoms. The highest BCUT2D eigenvalue weighted by Crippen LogP contribution is 2.30. The van der Waals surface area contributed by atoms with E-state index in [1.165, 1.54) is 0 Å². The fourth-order valence-electron chi connectivity index (χ4n) is 6.19. The number of nitrogens with one attached hydrogen (secondary N) is 2. The van der Waals surface area contributed by atoms with E-state index < -0.39 is 12.1 Å². The SMILES string of the molecule is COCCCn1c([C@@H]2CCCN(C(=O)C[C@@H](Cc3ccc(-c4ccc(C(=O)NCCO)nc4)cc3)NC(=O)O)C2)nc2ccccc21. The predicted octanol–water partition coefficient (Wildman–Crippen LogP) is 3.83. The minimum Gasteiger partial charge on any atom is -0.465 e. The summed E-state index contributed by atoms with van der Waals surface area (Å²) in [6, 6.07) is 18.5. The Morgan fingerprint density at radius 2 is 1.85 bits per heavy atom. The lowest BCUT2D eigenvalue weighted by molar-refractivity contribution is -0.132. The first-order chi connectivity index (χ1) is 22.9. The second kappa shape index (κ2) is 16.1. The molecule has 1 aliphatic rings. The van der Waals surface area contributed by atoms with Gasteiger partial charge < -0.3 is 35.1 Å². The highest BCUT2D eigenvalue weighted by atomic mass is 16.5. The first kappa shape index (κ1) is 33.6. The van der Waals surface area contributed by atoms with Crippen LogP contribution in [0.2, 0.25) is 0 Å². The molecule has 5 rings (SSSR count). The van der Waals surface area contributed by atoms with Gasteiger partial charge in [0.05, 0.1) is 17.6 Å². The number of aliphatic hydroxyl groups is 1. The highest BCUT2D eigenvalue weighted by molar-refractivity contribution is 5.92. The van der Waals surface area contributed by atoms with Gasteiger partial charge in [-0.3, -0.25) is 14.6 Å². The predicted molar refractivity (Wildman–Crippen MR) is 177 cm³/mol. The summed E-state index contributed by atoms with van der Waals surface area (Å²) in [4.78, 5) is 48.4. The molecule has 2 aromatic carbocycles. The van der Waals surface area contributed by atoms with Gasteiger partial charge in [0.25, 0.3) is 5.91 Å². The molecule has 248 valence electrons. The summed E-state index contributed by atoms with van der Waals surface area (Å²) in [6.45, 7) is 2.61. The number of ether oxygens (including phenoxy) is 1. The zero-order valence-electron chi connectivity index (χ0n) is 26.6. The second-order valence-corrected chi connectivity index (χ2v) is 11.8. The Morgan fingerprint density at radius 1 is 1.06 bits per heavy atom. The van der Waals surface area contributed by atoms with Crippen LogP contribution < -0.4 is 10.6 Å². The van der Waals surface area contributed by atoms with Crippen molar-refractivity contribution < 1.29 is 29.3 Å². The number of rotatable bonds is 14. The molecule has 0 radical (unpaired) electrons. The maximum absolute atomic E-state index is 13.6. The van der Waals surface area contributed by atoms with Gasteiger partial charge in [0.2, 0.25) is 5.91 Å². The van der Waals surface area contributed by atoms with Crippen molar-refractivity contribution in [3.63, 3.8) is 0 Å². The number of hydrogen-bond donors (Lipinski definition) is 4. The van der Waals surface area contributed by atoms with E-state index in [0.717, 1.165) is 59.4 Å². The minimum atomic E-state index is -1.17. The topological polar surface area (TPSA) is 159 Å². The molecule has 0 saturated carbocycles. The molecule has 0 bridgehead atoms. The van der Waals surface area contributed by atoms with Crippen LogP contribution in [0.4, 0.5) is 4.79 Å². The summed E-state index contributed by atoms with van der Waals surface area (Å²) >= 11 is 0. The van der Waals surface area contributed by atoms with Crippen molar-refractivity contribution >= 4 is 28.9 Å². The number of hydrogen-bond acceptors (Lipinski definition) is 7. The van der Waals surface area contributed by atoms with E-state index in [1.807, 2.05) is 47.4 Å². The van der Waals surface area contributed by atoms with Gasteiger partial charge in [-0.05, 0) is 55.0 Å². The lowest BCUT2D eigenvalue weighted by Gasteiger charge is -2.33. The third-order valence-corrected chi connectivity index (χ3v) is 8.46. The Balaban J connectivity index is 1.23. The molecule has 1 fully saturated rings. The van der Waals surface area contributed by atoms with Gasteiger partial charge in [0.15, 0.2) is 0 Å². The van der Waals surface area contributed by atoms with E-state index in [-0.39, 0.29) is 43.0 Å². The number of benzene rings is 2. The van der Waals surface area contributed by atoms with Crippen molar-refractivity contribution in [2.45, 2.75) is 50.6 Å². The maximum atomic E-state index is 13.6. The van der Waals surface area contributed by atoms with E-state index in [4.69, 9.17) is 14.8 Å². The van der Waals surface area contributed by atoms with Crippen molar-refractivity contribution in [2.24, 2.45) is 0 Å². The first-order valence-corrected chi connectivity index (χ1v) is 16.0. The summed E-state index contributed by atoms with van der Waals surface area (Å²) in [5, 5.41) is 23.6. The van der Waals surface area contributed by atoms with Gasteiger partial charge in [-0.15, -0.1) is 0 Å². The third-order valence-electron chi connectivity index (χ3n) is 8.46. The van der Waals surface area contributed by atoms with Gasteiger partial charge in [-0.25, -0.2) is 9.78 Å². The van der Waals surface area contributed by atoms with Crippen molar-refractivity contribution in [2.75, 3.05) is 40.0 Å². The lowest BCUT2D eigenvalue weighted by Crippen LogP contribution is -2.44. The van der Waals surface area contributed by atoms with Crippen molar-refractivity contribution in [1.82, 2.24) is 30.1 Å². The minimum absolute atomic E-state index is 0.0504. The monoisotopic (exact) mass is 642 g/mol. The molecule has 12 heteroatoms. The molecule has 0 spiro atoms. The number of imidazole rings is 1. The molecule has 2 atom stereocenters. The number of methoxy groups -OCH3 is 1. The molecule has 1 aliphatic heterocycles. The zero-order valence-corrected chi connectivity index (χ0v) is 26.6. The molecule has 1 saturated heterocycles. The molecule has 3 amide bonds. The molecule has 2 aromatic heterocycles. The summed E-state index contributed by atoms with van der Waals surface area (Å²) in [7, 11) is 1.70. The number of nitrogens with zero attached hydrogens (tertiary/aromatic N) is 4. The largest absolute Gasteiger partial charge is 0.465 e. The van der Waals surface area contributed by atoms with E-state index >= 15 is 0 Å². The molecule has 4 aromatic rings. The zero-order chi connectivity index (χ0) is 33.2. The molecule has 3 heterocycles. The van der Waals surface area contributed by atoms with Crippen LogP contribution in [0.5, 0.6) is 0 Å². The van der Waals surface area contributed by atoms with Crippen LogP contribution in [0.1, 0.15) is 53.5 Å². The number of aliphatic hydroxyl groups excluding tert-OH is 1. The Hall–Kier alpha value is -4.81. The number of piperidine rings is 1. The highest BCUT2D eigenvalue weighted by Gasteiger charge is 2.30. The van der Waals surface area contributed by atoms with Crippen LogP contribution in [0.25, 0.3) is 22.2 Å². The molecular formula is C35H42N6O6. The van der Waals surface area contributed by atoms with E-state index in [9.17, 15) is 19.5 Å². The number of carboxylic acid groups (broad SMARTS) is 1. The second-order valence-electron chi connectivity index (χ2n) is 11.8. The number of carbonyl (C=O) groups excluding carboxylic acids is 2. The van der Waals surface area contributed by atoms with Crippen LogP contribution >= 0.6 is 0 Å². The fourth-order valence-corrected chi connectivity index (χ4v) is 6.19. The van der Waals surface area contributed by atoms with Gasteiger partial charge in [-0.2, -0.15) is 0 Å². The van der Waals surface area contributed by atoms with Crippen molar-refractivity contribution in [3.8, 4) is 11.1 Å². The van der Waals surface area contributed by atoms with Crippen LogP contribution in [0, 0.1) is 0 Å². The first-order valence-electron chi connectivity index (χ1n) is 16.0. The smallest absolute Gasteiger partial charge is 0.404 e. The third kappa shape index (κ3) is 8.72. The van der Waals surface area contributed by atoms with Crippen LogP contribution in [0.15, 0.2) is 66.9 Å². The number of aryl methyl sites for hydroxylation is 1. The lowest BCUT2D eigenvalue weighted by atomic mass is 9.95. The number of aromatic nitrogens is 3. The van der Waals surface area contributed by atoms with Gasteiger partial charge in [-0.1, -0.05) is 42.5 Å². The Kier molecular flexibility index (Phi) is 11.5. The van der Waals surface area contributed by atoms with E-state index in [1.54, 1.807) is 25.4 Å². The number of likely N-dealkylation sites (tertiary alicyclic amines) is 1. The quantitative estimate of drug-likeness (QED) is 0.151. The summed E-state index contributed by atoms with van der Waals surface area (Å²) in [5.74, 6) is 0.626. The van der Waals surface area contributed by atoms with Crippen LogP contribution in [0.3, 0.4) is 0 Å². The number of pyridine rings is 1. The van der Waals surface area contributed by atoms with Crippen molar-refractivity contribution in [1.29, 1.82) is 0 Å². The van der Waals surface area contributed by atoms with Crippen LogP contribution in [-0.2, 0) is 22.5 Å².